The monoisotopic (exact) mass is 384 g/mol. The fraction of sp³-hybridized carbons (Fsp3) is 0.409. The van der Waals surface area contributed by atoms with Gasteiger partial charge in [0.2, 0.25) is 0 Å². The lowest BCUT2D eigenvalue weighted by Gasteiger charge is -2.33. The second kappa shape index (κ2) is 10.1. The Balaban J connectivity index is 1.73. The summed E-state index contributed by atoms with van der Waals surface area (Å²) in [5.41, 5.74) is 1.92. The van der Waals surface area contributed by atoms with Gasteiger partial charge in [0.1, 0.15) is 5.75 Å². The first-order chi connectivity index (χ1) is 13.7. The van der Waals surface area contributed by atoms with Crippen LogP contribution in [0.4, 0.5) is 4.79 Å². The second-order valence-corrected chi connectivity index (χ2v) is 6.82. The molecule has 2 aromatic rings. The SMILES string of the molecule is COc1ccccc1C(NC(=O)N1CCC(OCCO)CC1)c1ccccc1. The van der Waals surface area contributed by atoms with Crippen LogP contribution in [0.15, 0.2) is 54.6 Å². The number of methoxy groups -OCH3 is 1. The molecule has 0 aromatic heterocycles. The number of hydrogen-bond acceptors (Lipinski definition) is 4. The Morgan fingerprint density at radius 1 is 1.14 bits per heavy atom. The molecule has 1 aliphatic heterocycles. The Morgan fingerprint density at radius 3 is 2.50 bits per heavy atom. The molecule has 1 aliphatic rings. The van der Waals surface area contributed by atoms with E-state index in [-0.39, 0.29) is 24.8 Å². The van der Waals surface area contributed by atoms with Crippen LogP contribution in [0.2, 0.25) is 0 Å². The summed E-state index contributed by atoms with van der Waals surface area (Å²) in [5.74, 6) is 0.743. The molecule has 2 N–H and O–H groups in total. The number of amides is 2. The predicted octanol–water partition coefficient (Wildman–Crippen LogP) is 2.97. The second-order valence-electron chi connectivity index (χ2n) is 6.82. The zero-order valence-electron chi connectivity index (χ0n) is 16.2. The molecule has 0 bridgehead atoms. The summed E-state index contributed by atoms with van der Waals surface area (Å²) in [6, 6.07) is 17.3. The summed E-state index contributed by atoms with van der Waals surface area (Å²) in [4.78, 5) is 14.8. The molecule has 0 aliphatic carbocycles. The summed E-state index contributed by atoms with van der Waals surface area (Å²) in [6.45, 7) is 1.64. The van der Waals surface area contributed by atoms with Gasteiger partial charge in [0.05, 0.1) is 32.5 Å². The highest BCUT2D eigenvalue weighted by Gasteiger charge is 2.26. The number of piperidine rings is 1. The molecule has 1 atom stereocenters. The van der Waals surface area contributed by atoms with Crippen molar-refractivity contribution in [2.24, 2.45) is 0 Å². The molecule has 1 heterocycles. The fourth-order valence-corrected chi connectivity index (χ4v) is 3.55. The molecule has 2 aromatic carbocycles. The van der Waals surface area contributed by atoms with E-state index in [2.05, 4.69) is 5.32 Å². The van der Waals surface area contributed by atoms with Crippen LogP contribution in [0.3, 0.4) is 0 Å². The van der Waals surface area contributed by atoms with Crippen molar-refractivity contribution in [3.63, 3.8) is 0 Å². The molecule has 3 rings (SSSR count). The summed E-state index contributed by atoms with van der Waals surface area (Å²) in [6.07, 6.45) is 1.66. The predicted molar refractivity (Wildman–Crippen MR) is 107 cm³/mol. The van der Waals surface area contributed by atoms with Gasteiger partial charge in [-0.25, -0.2) is 4.79 Å². The summed E-state index contributed by atoms with van der Waals surface area (Å²) >= 11 is 0. The highest BCUT2D eigenvalue weighted by molar-refractivity contribution is 5.75. The van der Waals surface area contributed by atoms with E-state index in [1.807, 2.05) is 59.5 Å². The maximum atomic E-state index is 13.0. The van der Waals surface area contributed by atoms with E-state index in [0.29, 0.717) is 19.7 Å². The lowest BCUT2D eigenvalue weighted by Crippen LogP contribution is -2.47. The topological polar surface area (TPSA) is 71.0 Å². The quantitative estimate of drug-likeness (QED) is 0.770. The Labute approximate surface area is 166 Å². The Hall–Kier alpha value is -2.57. The van der Waals surface area contributed by atoms with E-state index in [1.54, 1.807) is 7.11 Å². The van der Waals surface area contributed by atoms with Crippen molar-refractivity contribution in [1.82, 2.24) is 10.2 Å². The number of nitrogens with one attached hydrogen (secondary N) is 1. The number of ether oxygens (including phenoxy) is 2. The van der Waals surface area contributed by atoms with Crippen LogP contribution in [0.25, 0.3) is 0 Å². The molecule has 28 heavy (non-hydrogen) atoms. The maximum absolute atomic E-state index is 13.0. The van der Waals surface area contributed by atoms with Crippen molar-refractivity contribution < 1.29 is 19.4 Å². The van der Waals surface area contributed by atoms with Gasteiger partial charge in [-0.3, -0.25) is 0 Å². The third-order valence-electron chi connectivity index (χ3n) is 5.02. The van der Waals surface area contributed by atoms with Crippen LogP contribution < -0.4 is 10.1 Å². The van der Waals surface area contributed by atoms with Gasteiger partial charge in [-0.1, -0.05) is 48.5 Å². The van der Waals surface area contributed by atoms with Gasteiger partial charge < -0.3 is 24.8 Å². The first-order valence-corrected chi connectivity index (χ1v) is 9.68. The van der Waals surface area contributed by atoms with Crippen molar-refractivity contribution >= 4 is 6.03 Å². The molecular weight excluding hydrogens is 356 g/mol. The van der Waals surface area contributed by atoms with E-state index in [4.69, 9.17) is 14.6 Å². The summed E-state index contributed by atoms with van der Waals surface area (Å²) in [5, 5.41) is 12.1. The first-order valence-electron chi connectivity index (χ1n) is 9.68. The minimum Gasteiger partial charge on any atom is -0.496 e. The Morgan fingerprint density at radius 2 is 1.82 bits per heavy atom. The highest BCUT2D eigenvalue weighted by Crippen LogP contribution is 2.30. The zero-order chi connectivity index (χ0) is 19.8. The number of aliphatic hydroxyl groups is 1. The van der Waals surface area contributed by atoms with Crippen molar-refractivity contribution in [1.29, 1.82) is 0 Å². The fourth-order valence-electron chi connectivity index (χ4n) is 3.55. The molecule has 0 saturated carbocycles. The van der Waals surface area contributed by atoms with Crippen LogP contribution in [0, 0.1) is 0 Å². The van der Waals surface area contributed by atoms with E-state index in [1.165, 1.54) is 0 Å². The number of carbonyl (C=O) groups is 1. The number of likely N-dealkylation sites (tertiary alicyclic amines) is 1. The molecule has 1 unspecified atom stereocenters. The average molecular weight is 384 g/mol. The van der Waals surface area contributed by atoms with E-state index < -0.39 is 0 Å². The summed E-state index contributed by atoms with van der Waals surface area (Å²) in [7, 11) is 1.64. The molecule has 2 amide bonds. The van der Waals surface area contributed by atoms with Gasteiger partial charge in [0.15, 0.2) is 0 Å². The number of rotatable bonds is 7. The van der Waals surface area contributed by atoms with Crippen LogP contribution in [-0.2, 0) is 4.74 Å². The number of benzene rings is 2. The van der Waals surface area contributed by atoms with Gasteiger partial charge in [0, 0.05) is 18.7 Å². The van der Waals surface area contributed by atoms with Gasteiger partial charge in [-0.15, -0.1) is 0 Å². The number of carbonyl (C=O) groups excluding carboxylic acids is 1. The maximum Gasteiger partial charge on any atom is 0.318 e. The third kappa shape index (κ3) is 5.03. The van der Waals surface area contributed by atoms with Gasteiger partial charge in [0.25, 0.3) is 0 Å². The minimum absolute atomic E-state index is 0.0262. The zero-order valence-corrected chi connectivity index (χ0v) is 16.2. The number of nitrogens with zero attached hydrogens (tertiary/aromatic N) is 1. The molecule has 1 fully saturated rings. The Bertz CT molecular complexity index is 745. The van der Waals surface area contributed by atoms with Crippen molar-refractivity contribution in [2.45, 2.75) is 25.0 Å². The van der Waals surface area contributed by atoms with Crippen LogP contribution in [0.1, 0.15) is 30.0 Å². The van der Waals surface area contributed by atoms with E-state index in [0.717, 1.165) is 29.7 Å². The van der Waals surface area contributed by atoms with Gasteiger partial charge in [-0.05, 0) is 24.5 Å². The molecular formula is C22H28N2O4. The molecule has 6 heteroatoms. The lowest BCUT2D eigenvalue weighted by atomic mass is 9.98. The highest BCUT2D eigenvalue weighted by atomic mass is 16.5. The molecule has 6 nitrogen and oxygen atoms in total. The normalized spacial score (nSPS) is 15.9. The third-order valence-corrected chi connectivity index (χ3v) is 5.02. The Kier molecular flexibility index (Phi) is 7.28. The van der Waals surface area contributed by atoms with Crippen LogP contribution >= 0.6 is 0 Å². The molecule has 0 spiro atoms. The standard InChI is InChI=1S/C22H28N2O4/c1-27-20-10-6-5-9-19(20)21(17-7-3-2-4-8-17)23-22(26)24-13-11-18(12-14-24)28-16-15-25/h2-10,18,21,25H,11-16H2,1H3,(H,23,26). The lowest BCUT2D eigenvalue weighted by molar-refractivity contribution is -0.00176. The first kappa shape index (κ1) is 20.2. The van der Waals surface area contributed by atoms with Crippen molar-refractivity contribution in [2.75, 3.05) is 33.4 Å². The van der Waals surface area contributed by atoms with E-state index in [9.17, 15) is 4.79 Å². The number of para-hydroxylation sites is 1. The van der Waals surface area contributed by atoms with Gasteiger partial charge >= 0.3 is 6.03 Å². The number of aliphatic hydroxyl groups excluding tert-OH is 1. The van der Waals surface area contributed by atoms with E-state index >= 15 is 0 Å². The largest absolute Gasteiger partial charge is 0.496 e. The van der Waals surface area contributed by atoms with Crippen molar-refractivity contribution in [3.05, 3.63) is 65.7 Å². The minimum atomic E-state index is -0.298. The average Bonchev–Trinajstić information content (AvgIpc) is 2.77. The molecule has 150 valence electrons. The molecule has 1 saturated heterocycles. The van der Waals surface area contributed by atoms with Crippen LogP contribution in [-0.4, -0.2) is 55.6 Å². The number of urea groups is 1. The van der Waals surface area contributed by atoms with Crippen molar-refractivity contribution in [3.8, 4) is 5.75 Å². The summed E-state index contributed by atoms with van der Waals surface area (Å²) < 4.78 is 11.1. The number of hydrogen-bond donors (Lipinski definition) is 2. The molecule has 0 radical (unpaired) electrons. The smallest absolute Gasteiger partial charge is 0.318 e. The van der Waals surface area contributed by atoms with Crippen LogP contribution in [0.5, 0.6) is 5.75 Å². The van der Waals surface area contributed by atoms with Gasteiger partial charge in [-0.2, -0.15) is 0 Å².